The third-order valence-corrected chi connectivity index (χ3v) is 4.57. The van der Waals surface area contributed by atoms with Crippen molar-refractivity contribution in [1.82, 2.24) is 0 Å². The normalized spacial score (nSPS) is 11.3. The zero-order chi connectivity index (χ0) is 15.1. The van der Waals surface area contributed by atoms with Gasteiger partial charge in [0.1, 0.15) is 11.2 Å². The summed E-state index contributed by atoms with van der Waals surface area (Å²) in [4.78, 5) is 0. The fraction of sp³-hybridized carbons (Fsp3) is 0.294. The van der Waals surface area contributed by atoms with Gasteiger partial charge in [0.05, 0.1) is 7.11 Å². The molecule has 0 fully saturated rings. The predicted molar refractivity (Wildman–Crippen MR) is 87.8 cm³/mol. The number of hydrogen-bond acceptors (Lipinski definition) is 3. The second kappa shape index (κ2) is 5.25. The fourth-order valence-electron chi connectivity index (χ4n) is 2.79. The summed E-state index contributed by atoms with van der Waals surface area (Å²) >= 11 is 0. The Morgan fingerprint density at radius 3 is 1.57 bits per heavy atom. The first kappa shape index (κ1) is 14.2. The van der Waals surface area contributed by atoms with Gasteiger partial charge in [-0.3, -0.25) is 4.52 Å². The second-order valence-electron chi connectivity index (χ2n) is 5.51. The molecule has 4 heteroatoms. The van der Waals surface area contributed by atoms with Crippen LogP contribution in [0, 0.1) is 27.7 Å². The quantitative estimate of drug-likeness (QED) is 0.588. The van der Waals surface area contributed by atoms with Crippen molar-refractivity contribution in [1.29, 1.82) is 0 Å². The van der Waals surface area contributed by atoms with E-state index in [1.807, 2.05) is 0 Å². The molecule has 21 heavy (non-hydrogen) atoms. The van der Waals surface area contributed by atoms with Gasteiger partial charge in [0.2, 0.25) is 0 Å². The monoisotopic (exact) mass is 302 g/mol. The third-order valence-electron chi connectivity index (χ3n) is 3.61. The average molecular weight is 302 g/mol. The van der Waals surface area contributed by atoms with Crippen LogP contribution < -0.4 is 4.52 Å². The van der Waals surface area contributed by atoms with E-state index in [1.54, 1.807) is 7.11 Å². The summed E-state index contributed by atoms with van der Waals surface area (Å²) in [6.45, 7) is 8.31. The number of benzene rings is 2. The van der Waals surface area contributed by atoms with Gasteiger partial charge in [-0.05, 0) is 62.1 Å². The number of rotatable bonds is 1. The van der Waals surface area contributed by atoms with E-state index in [0.29, 0.717) is 0 Å². The standard InChI is InChI=1S/C17H19O3P/c1-10-6-12(3)16-14(8-10)15-9-11(2)7-13(4)17(15)20-21(18-5)19-16/h6-9H,1-5H3. The van der Waals surface area contributed by atoms with Crippen molar-refractivity contribution >= 4 is 30.2 Å². The maximum atomic E-state index is 5.99. The Balaban J connectivity index is 2.67. The van der Waals surface area contributed by atoms with E-state index < -0.39 is 8.24 Å². The van der Waals surface area contributed by atoms with E-state index in [1.165, 1.54) is 11.1 Å². The van der Waals surface area contributed by atoms with Crippen LogP contribution in [0.5, 0.6) is 0 Å². The topological polar surface area (TPSA) is 35.5 Å². The lowest BCUT2D eigenvalue weighted by Gasteiger charge is -2.03. The van der Waals surface area contributed by atoms with Crippen LogP contribution in [0.1, 0.15) is 22.3 Å². The van der Waals surface area contributed by atoms with Crippen molar-refractivity contribution in [3.05, 3.63) is 46.5 Å². The van der Waals surface area contributed by atoms with Crippen LogP contribution in [0.15, 0.2) is 32.7 Å². The molecule has 0 spiro atoms. The Bertz CT molecular complexity index is 808. The maximum absolute atomic E-state index is 5.99. The van der Waals surface area contributed by atoms with Crippen LogP contribution >= 0.6 is 8.24 Å². The molecule has 2 aromatic carbocycles. The molecule has 3 rings (SSSR count). The smallest absolute Gasteiger partial charge is 0.387 e. The lowest BCUT2D eigenvalue weighted by atomic mass is 10.0. The summed E-state index contributed by atoms with van der Waals surface area (Å²) < 4.78 is 17.4. The molecule has 0 atom stereocenters. The van der Waals surface area contributed by atoms with Crippen molar-refractivity contribution in [3.63, 3.8) is 0 Å². The molecule has 0 aliphatic heterocycles. The zero-order valence-corrected chi connectivity index (χ0v) is 13.9. The number of aryl methyl sites for hydroxylation is 4. The van der Waals surface area contributed by atoms with Crippen LogP contribution in [0.25, 0.3) is 21.9 Å². The Kier molecular flexibility index (Phi) is 3.56. The van der Waals surface area contributed by atoms with Gasteiger partial charge >= 0.3 is 8.24 Å². The molecule has 1 heterocycles. The Morgan fingerprint density at radius 1 is 0.762 bits per heavy atom. The summed E-state index contributed by atoms with van der Waals surface area (Å²) in [5.74, 6) is 0. The molecule has 3 aromatic rings. The lowest BCUT2D eigenvalue weighted by Crippen LogP contribution is -1.83. The van der Waals surface area contributed by atoms with Crippen LogP contribution in [-0.2, 0) is 0 Å². The molecule has 3 nitrogen and oxygen atoms in total. The first-order valence-corrected chi connectivity index (χ1v) is 8.02. The molecule has 0 saturated heterocycles. The summed E-state index contributed by atoms with van der Waals surface area (Å²) in [6, 6.07) is 8.54. The third kappa shape index (κ3) is 2.48. The summed E-state index contributed by atoms with van der Waals surface area (Å²) in [6.07, 6.45) is 0. The molecule has 0 aliphatic rings. The lowest BCUT2D eigenvalue weighted by molar-refractivity contribution is 0.454. The highest BCUT2D eigenvalue weighted by molar-refractivity contribution is 7.31. The molecule has 0 saturated carbocycles. The molecule has 0 amide bonds. The number of hydrogen-bond donors (Lipinski definition) is 0. The van der Waals surface area contributed by atoms with Crippen molar-refractivity contribution in [2.75, 3.05) is 7.11 Å². The van der Waals surface area contributed by atoms with Crippen molar-refractivity contribution < 1.29 is 12.9 Å². The van der Waals surface area contributed by atoms with Gasteiger partial charge in [0, 0.05) is 10.8 Å². The molecule has 0 aliphatic carbocycles. The largest absolute Gasteiger partial charge is 0.399 e. The molecular formula is C17H19O3P. The zero-order valence-electron chi connectivity index (χ0n) is 13.0. The van der Waals surface area contributed by atoms with Crippen LogP contribution in [0.3, 0.4) is 0 Å². The first-order valence-electron chi connectivity index (χ1n) is 6.92. The molecule has 0 radical (unpaired) electrons. The molecular weight excluding hydrogens is 283 g/mol. The van der Waals surface area contributed by atoms with E-state index in [9.17, 15) is 0 Å². The maximum Gasteiger partial charge on any atom is 0.387 e. The second-order valence-corrected chi connectivity index (χ2v) is 6.68. The minimum atomic E-state index is -1.42. The van der Waals surface area contributed by atoms with Crippen LogP contribution in [0.4, 0.5) is 0 Å². The van der Waals surface area contributed by atoms with E-state index in [2.05, 4.69) is 52.0 Å². The Hall–Kier alpha value is -1.70. The van der Waals surface area contributed by atoms with Gasteiger partial charge in [-0.1, -0.05) is 12.1 Å². The Labute approximate surface area is 125 Å². The highest BCUT2D eigenvalue weighted by atomic mass is 31.1. The van der Waals surface area contributed by atoms with E-state index in [4.69, 9.17) is 12.9 Å². The van der Waals surface area contributed by atoms with Crippen LogP contribution in [0.2, 0.25) is 0 Å². The van der Waals surface area contributed by atoms with Gasteiger partial charge in [-0.2, -0.15) is 0 Å². The summed E-state index contributed by atoms with van der Waals surface area (Å²) in [5.41, 5.74) is 6.34. The minimum absolute atomic E-state index is 0.859. The summed E-state index contributed by atoms with van der Waals surface area (Å²) in [7, 11) is 0.193. The van der Waals surface area contributed by atoms with Gasteiger partial charge < -0.3 is 8.39 Å². The average Bonchev–Trinajstić information content (AvgIpc) is 2.57. The van der Waals surface area contributed by atoms with E-state index in [0.717, 1.165) is 33.1 Å². The van der Waals surface area contributed by atoms with Crippen molar-refractivity contribution in [2.24, 2.45) is 0 Å². The highest BCUT2D eigenvalue weighted by Crippen LogP contribution is 2.36. The van der Waals surface area contributed by atoms with Crippen LogP contribution in [-0.4, -0.2) is 7.11 Å². The predicted octanol–water partition coefficient (Wildman–Crippen LogP) is 5.58. The van der Waals surface area contributed by atoms with E-state index >= 15 is 0 Å². The Morgan fingerprint density at radius 2 is 1.19 bits per heavy atom. The van der Waals surface area contributed by atoms with E-state index in [-0.39, 0.29) is 0 Å². The minimum Gasteiger partial charge on any atom is -0.399 e. The van der Waals surface area contributed by atoms with Gasteiger partial charge in [0.25, 0.3) is 0 Å². The highest BCUT2D eigenvalue weighted by Gasteiger charge is 2.11. The number of fused-ring (bicyclic) bond motifs is 3. The molecule has 1 aromatic heterocycles. The molecule has 0 N–H and O–H groups in total. The molecule has 110 valence electrons. The van der Waals surface area contributed by atoms with Gasteiger partial charge in [-0.25, -0.2) is 0 Å². The van der Waals surface area contributed by atoms with Crippen molar-refractivity contribution in [2.45, 2.75) is 27.7 Å². The SMILES string of the molecule is COp1oc2c(C)cc(C)cc2c2cc(C)cc(C)c2o1. The summed E-state index contributed by atoms with van der Waals surface area (Å²) in [5, 5.41) is 2.16. The molecule has 0 unspecified atom stereocenters. The van der Waals surface area contributed by atoms with Gasteiger partial charge in [0.15, 0.2) is 0 Å². The fourth-order valence-corrected chi connectivity index (χ4v) is 3.76. The van der Waals surface area contributed by atoms with Gasteiger partial charge in [-0.15, -0.1) is 0 Å². The first-order chi connectivity index (χ1) is 9.99. The van der Waals surface area contributed by atoms with Crippen molar-refractivity contribution in [3.8, 4) is 0 Å². The molecule has 0 bridgehead atoms.